The van der Waals surface area contributed by atoms with Crippen molar-refractivity contribution in [1.82, 2.24) is 4.98 Å². The normalized spacial score (nSPS) is 11.1. The number of carbonyl (C=O) groups is 1. The van der Waals surface area contributed by atoms with Crippen molar-refractivity contribution in [1.29, 1.82) is 5.26 Å². The van der Waals surface area contributed by atoms with Crippen LogP contribution in [-0.2, 0) is 4.79 Å². The Balaban J connectivity index is 1.72. The van der Waals surface area contributed by atoms with Crippen LogP contribution in [0.25, 0.3) is 17.3 Å². The number of anilines is 1. The van der Waals surface area contributed by atoms with E-state index in [1.54, 1.807) is 47.8 Å². The number of hydrogen-bond acceptors (Lipinski definition) is 5. The number of ether oxygens (including phenoxy) is 1. The van der Waals surface area contributed by atoms with Crippen LogP contribution in [0.15, 0.2) is 53.4 Å². The van der Waals surface area contributed by atoms with Crippen molar-refractivity contribution in [3.05, 3.63) is 69.0 Å². The second kappa shape index (κ2) is 10.3. The third-order valence-electron chi connectivity index (χ3n) is 3.96. The smallest absolute Gasteiger partial charge is 0.268 e. The van der Waals surface area contributed by atoms with Crippen LogP contribution in [0.5, 0.6) is 5.75 Å². The highest BCUT2D eigenvalue weighted by Gasteiger charge is 2.14. The van der Waals surface area contributed by atoms with Gasteiger partial charge in [0.05, 0.1) is 17.3 Å². The number of thiazole rings is 1. The molecule has 0 aliphatic heterocycles. The summed E-state index contributed by atoms with van der Waals surface area (Å²) >= 11 is 13.4. The molecule has 0 unspecified atom stereocenters. The highest BCUT2D eigenvalue weighted by Crippen LogP contribution is 2.32. The molecular formula is C22H17Cl2N3O2S. The quantitative estimate of drug-likeness (QED) is 0.326. The lowest BCUT2D eigenvalue weighted by Gasteiger charge is -2.04. The van der Waals surface area contributed by atoms with Gasteiger partial charge in [-0.3, -0.25) is 10.1 Å². The van der Waals surface area contributed by atoms with Crippen molar-refractivity contribution in [3.8, 4) is 23.1 Å². The van der Waals surface area contributed by atoms with E-state index in [1.165, 1.54) is 17.4 Å². The van der Waals surface area contributed by atoms with Crippen LogP contribution < -0.4 is 10.1 Å². The molecule has 1 amide bonds. The maximum atomic E-state index is 12.5. The van der Waals surface area contributed by atoms with E-state index < -0.39 is 5.91 Å². The Morgan fingerprint density at radius 1 is 1.27 bits per heavy atom. The van der Waals surface area contributed by atoms with Crippen LogP contribution in [0.3, 0.4) is 0 Å². The molecule has 5 nitrogen and oxygen atoms in total. The Bertz CT molecular complexity index is 1120. The number of hydrogen-bond donors (Lipinski definition) is 1. The zero-order valence-corrected chi connectivity index (χ0v) is 18.3. The van der Waals surface area contributed by atoms with Gasteiger partial charge in [0.15, 0.2) is 5.13 Å². The van der Waals surface area contributed by atoms with Crippen molar-refractivity contribution < 1.29 is 9.53 Å². The lowest BCUT2D eigenvalue weighted by atomic mass is 10.1. The number of nitrogens with one attached hydrogen (secondary N) is 1. The molecule has 0 atom stereocenters. The second-order valence-corrected chi connectivity index (χ2v) is 7.91. The van der Waals surface area contributed by atoms with Gasteiger partial charge in [-0.25, -0.2) is 4.98 Å². The predicted molar refractivity (Wildman–Crippen MR) is 122 cm³/mol. The molecule has 0 spiro atoms. The van der Waals surface area contributed by atoms with Crippen LogP contribution in [-0.4, -0.2) is 17.5 Å². The molecule has 152 valence electrons. The fraction of sp³-hybridized carbons (Fsp3) is 0.136. The SMILES string of the molecule is CCCOc1ccc(C=C(C#N)C(=O)Nc2nc(-c3ccc(Cl)cc3Cl)cs2)cc1. The van der Waals surface area contributed by atoms with E-state index in [0.717, 1.165) is 17.7 Å². The van der Waals surface area contributed by atoms with E-state index in [4.69, 9.17) is 27.9 Å². The predicted octanol–water partition coefficient (Wildman–Crippen LogP) is 6.45. The molecule has 8 heteroatoms. The van der Waals surface area contributed by atoms with Crippen molar-refractivity contribution in [2.24, 2.45) is 0 Å². The van der Waals surface area contributed by atoms with Gasteiger partial charge in [0.1, 0.15) is 17.4 Å². The van der Waals surface area contributed by atoms with Crippen LogP contribution in [0.1, 0.15) is 18.9 Å². The third kappa shape index (κ3) is 5.61. The van der Waals surface area contributed by atoms with Gasteiger partial charge in [-0.15, -0.1) is 11.3 Å². The number of halogens is 2. The minimum absolute atomic E-state index is 0.0292. The van der Waals surface area contributed by atoms with Gasteiger partial charge in [0.25, 0.3) is 5.91 Å². The van der Waals surface area contributed by atoms with Crippen molar-refractivity contribution >= 4 is 51.7 Å². The molecule has 0 aliphatic carbocycles. The van der Waals surface area contributed by atoms with Gasteiger partial charge < -0.3 is 4.74 Å². The summed E-state index contributed by atoms with van der Waals surface area (Å²) in [6.45, 7) is 2.67. The zero-order chi connectivity index (χ0) is 21.5. The summed E-state index contributed by atoms with van der Waals surface area (Å²) < 4.78 is 5.53. The van der Waals surface area contributed by atoms with Gasteiger partial charge in [-0.2, -0.15) is 5.26 Å². The van der Waals surface area contributed by atoms with E-state index in [-0.39, 0.29) is 5.57 Å². The number of amides is 1. The van der Waals surface area contributed by atoms with Crippen LogP contribution in [0, 0.1) is 11.3 Å². The summed E-state index contributed by atoms with van der Waals surface area (Å²) in [4.78, 5) is 16.9. The van der Waals surface area contributed by atoms with Gasteiger partial charge in [-0.1, -0.05) is 42.3 Å². The highest BCUT2D eigenvalue weighted by atomic mass is 35.5. The first kappa shape index (κ1) is 21.8. The first-order valence-corrected chi connectivity index (χ1v) is 10.7. The van der Waals surface area contributed by atoms with Gasteiger partial charge >= 0.3 is 0 Å². The van der Waals surface area contributed by atoms with Crippen LogP contribution in [0.2, 0.25) is 10.0 Å². The first-order valence-electron chi connectivity index (χ1n) is 9.07. The monoisotopic (exact) mass is 457 g/mol. The molecule has 30 heavy (non-hydrogen) atoms. The van der Waals surface area contributed by atoms with Crippen molar-refractivity contribution in [2.75, 3.05) is 11.9 Å². The Morgan fingerprint density at radius 3 is 2.70 bits per heavy atom. The van der Waals surface area contributed by atoms with E-state index in [2.05, 4.69) is 10.3 Å². The van der Waals surface area contributed by atoms with E-state index in [9.17, 15) is 10.1 Å². The van der Waals surface area contributed by atoms with E-state index >= 15 is 0 Å². The Kier molecular flexibility index (Phi) is 7.47. The molecule has 1 heterocycles. The number of nitrogens with zero attached hydrogens (tertiary/aromatic N) is 2. The first-order chi connectivity index (χ1) is 14.5. The van der Waals surface area contributed by atoms with Crippen molar-refractivity contribution in [3.63, 3.8) is 0 Å². The Morgan fingerprint density at radius 2 is 2.03 bits per heavy atom. The molecule has 3 aromatic rings. The average Bonchev–Trinajstić information content (AvgIpc) is 3.19. The lowest BCUT2D eigenvalue weighted by molar-refractivity contribution is -0.112. The summed E-state index contributed by atoms with van der Waals surface area (Å²) in [5.74, 6) is 0.208. The zero-order valence-electron chi connectivity index (χ0n) is 16.0. The molecule has 0 bridgehead atoms. The number of aromatic nitrogens is 1. The third-order valence-corrected chi connectivity index (χ3v) is 5.27. The molecular weight excluding hydrogens is 441 g/mol. The standard InChI is InChI=1S/C22H17Cl2N3O2S/c1-2-9-29-17-6-3-14(4-7-17)10-15(12-25)21(28)27-22-26-20(13-30-22)18-8-5-16(23)11-19(18)24/h3-8,10-11,13H,2,9H2,1H3,(H,26,27,28). The number of carbonyl (C=O) groups excluding carboxylic acids is 1. The highest BCUT2D eigenvalue weighted by molar-refractivity contribution is 7.14. The Labute approximate surface area is 188 Å². The van der Waals surface area contributed by atoms with Crippen LogP contribution in [0.4, 0.5) is 5.13 Å². The molecule has 0 fully saturated rings. The fourth-order valence-electron chi connectivity index (χ4n) is 2.51. The lowest BCUT2D eigenvalue weighted by Crippen LogP contribution is -2.13. The minimum atomic E-state index is -0.535. The molecule has 0 aliphatic rings. The topological polar surface area (TPSA) is 75.0 Å². The number of benzene rings is 2. The minimum Gasteiger partial charge on any atom is -0.494 e. The molecule has 1 aromatic heterocycles. The molecule has 3 rings (SSSR count). The van der Waals surface area contributed by atoms with Gasteiger partial charge in [0, 0.05) is 16.0 Å². The summed E-state index contributed by atoms with van der Waals surface area (Å²) in [5, 5.41) is 15.2. The summed E-state index contributed by atoms with van der Waals surface area (Å²) in [7, 11) is 0. The summed E-state index contributed by atoms with van der Waals surface area (Å²) in [6, 6.07) is 14.2. The maximum Gasteiger partial charge on any atom is 0.268 e. The second-order valence-electron chi connectivity index (χ2n) is 6.20. The average molecular weight is 458 g/mol. The number of nitriles is 1. The van der Waals surface area contributed by atoms with Gasteiger partial charge in [0.2, 0.25) is 0 Å². The van der Waals surface area contributed by atoms with Crippen LogP contribution >= 0.6 is 34.5 Å². The molecule has 0 radical (unpaired) electrons. The molecule has 0 saturated carbocycles. The van der Waals surface area contributed by atoms with E-state index in [0.29, 0.717) is 33.0 Å². The largest absolute Gasteiger partial charge is 0.494 e. The van der Waals surface area contributed by atoms with Crippen molar-refractivity contribution in [2.45, 2.75) is 13.3 Å². The molecule has 2 aromatic carbocycles. The number of rotatable bonds is 7. The Hall–Kier alpha value is -2.85. The molecule has 0 saturated heterocycles. The maximum absolute atomic E-state index is 12.5. The molecule has 1 N–H and O–H groups in total. The fourth-order valence-corrected chi connectivity index (χ4v) is 3.72. The summed E-state index contributed by atoms with van der Waals surface area (Å²) in [5.41, 5.74) is 2.01. The summed E-state index contributed by atoms with van der Waals surface area (Å²) in [6.07, 6.45) is 2.44. The van der Waals surface area contributed by atoms with E-state index in [1.807, 2.05) is 13.0 Å². The van der Waals surface area contributed by atoms with Gasteiger partial charge in [-0.05, 0) is 48.4 Å².